The maximum atomic E-state index is 11.6. The van der Waals surface area contributed by atoms with E-state index in [2.05, 4.69) is 47.8 Å². The number of alkyl halides is 3. The van der Waals surface area contributed by atoms with E-state index in [1.807, 2.05) is 62.3 Å². The third-order valence-electron chi connectivity index (χ3n) is 10.3. The zero-order valence-electron chi connectivity index (χ0n) is 43.2. The zero-order valence-corrected chi connectivity index (χ0v) is 47.9. The SMILES string of the molecule is CC(C)(C)OC(=O)CCCCCCCCCCCBr.CC(C)(C)OC(=O)CCCCCCCCCCCCCBr.CC(C)(C)OC(=O)CCCCCCCCCCCCCCCBr. The molecule has 63 heavy (non-hydrogen) atoms. The normalized spacial score (nSPS) is 11.6. The molecule has 0 radical (unpaired) electrons. The molecule has 9 heteroatoms. The second-order valence-electron chi connectivity index (χ2n) is 20.7. The molecule has 0 unspecified atom stereocenters. The van der Waals surface area contributed by atoms with Gasteiger partial charge in [-0.25, -0.2) is 0 Å². The van der Waals surface area contributed by atoms with Crippen molar-refractivity contribution in [2.75, 3.05) is 16.0 Å². The van der Waals surface area contributed by atoms with E-state index in [1.165, 1.54) is 173 Å². The van der Waals surface area contributed by atoms with Gasteiger partial charge in [0.05, 0.1) is 0 Å². The van der Waals surface area contributed by atoms with E-state index in [0.717, 1.165) is 54.5 Å². The molecule has 0 atom stereocenters. The van der Waals surface area contributed by atoms with Crippen LogP contribution < -0.4 is 0 Å². The average Bonchev–Trinajstić information content (AvgIpc) is 3.17. The van der Waals surface area contributed by atoms with E-state index in [9.17, 15) is 14.4 Å². The molecule has 0 amide bonds. The first-order valence-electron chi connectivity index (χ1n) is 26.2. The molecule has 0 rings (SSSR count). The summed E-state index contributed by atoms with van der Waals surface area (Å²) in [7, 11) is 0. The fraction of sp³-hybridized carbons (Fsp3) is 0.944. The monoisotopic (exact) mass is 1090 g/mol. The van der Waals surface area contributed by atoms with Crippen LogP contribution >= 0.6 is 47.8 Å². The lowest BCUT2D eigenvalue weighted by Crippen LogP contribution is -2.23. The number of rotatable bonds is 39. The minimum absolute atomic E-state index is 0.0476. The molecule has 0 saturated heterocycles. The molecular formula is C54H105Br3O6. The molecule has 0 bridgehead atoms. The van der Waals surface area contributed by atoms with Crippen LogP contribution in [0.3, 0.4) is 0 Å². The Balaban J connectivity index is -0.000000861. The van der Waals surface area contributed by atoms with Gasteiger partial charge in [0.2, 0.25) is 0 Å². The molecule has 0 aromatic heterocycles. The Morgan fingerprint density at radius 1 is 0.254 bits per heavy atom. The molecule has 0 aliphatic rings. The number of hydrogen-bond donors (Lipinski definition) is 0. The summed E-state index contributed by atoms with van der Waals surface area (Å²) in [5.74, 6) is -0.151. The van der Waals surface area contributed by atoms with Crippen LogP contribution in [0.5, 0.6) is 0 Å². The Hall–Kier alpha value is -0.150. The van der Waals surface area contributed by atoms with Crippen LogP contribution in [0.2, 0.25) is 0 Å². The zero-order chi connectivity index (χ0) is 47.9. The van der Waals surface area contributed by atoms with E-state index in [-0.39, 0.29) is 34.7 Å². The van der Waals surface area contributed by atoms with Crippen molar-refractivity contribution in [2.45, 2.75) is 310 Å². The molecule has 0 aliphatic carbocycles. The highest BCUT2D eigenvalue weighted by Gasteiger charge is 2.17. The predicted octanol–water partition coefficient (Wildman–Crippen LogP) is 19.2. The number of hydrogen-bond acceptors (Lipinski definition) is 6. The van der Waals surface area contributed by atoms with Crippen LogP contribution in [-0.2, 0) is 28.6 Å². The van der Waals surface area contributed by atoms with Gasteiger partial charge in [-0.1, -0.05) is 221 Å². The van der Waals surface area contributed by atoms with Gasteiger partial charge in [-0.05, 0) is 101 Å². The van der Waals surface area contributed by atoms with Crippen molar-refractivity contribution in [3.8, 4) is 0 Å². The molecule has 0 N–H and O–H groups in total. The Bertz CT molecular complexity index is 986. The first kappa shape index (κ1) is 67.1. The number of carbonyl (C=O) groups is 3. The minimum Gasteiger partial charge on any atom is -0.460 e. The van der Waals surface area contributed by atoms with E-state index >= 15 is 0 Å². The quantitative estimate of drug-likeness (QED) is 0.0264. The van der Waals surface area contributed by atoms with Crippen molar-refractivity contribution in [1.29, 1.82) is 0 Å². The summed E-state index contributed by atoms with van der Waals surface area (Å²) < 4.78 is 15.9. The molecule has 6 nitrogen and oxygen atoms in total. The number of unbranched alkanes of at least 4 members (excludes halogenated alkanes) is 30. The van der Waals surface area contributed by atoms with Crippen molar-refractivity contribution in [3.63, 3.8) is 0 Å². The summed E-state index contributed by atoms with van der Waals surface area (Å²) in [5.41, 5.74) is -1.03. The lowest BCUT2D eigenvalue weighted by atomic mass is 10.0. The number of esters is 3. The van der Waals surface area contributed by atoms with Crippen LogP contribution in [0.15, 0.2) is 0 Å². The Morgan fingerprint density at radius 3 is 0.508 bits per heavy atom. The van der Waals surface area contributed by atoms with Gasteiger partial charge in [-0.2, -0.15) is 0 Å². The molecule has 378 valence electrons. The second-order valence-corrected chi connectivity index (χ2v) is 23.1. The largest absolute Gasteiger partial charge is 0.460 e. The predicted molar refractivity (Wildman–Crippen MR) is 285 cm³/mol. The Kier molecular flexibility index (Phi) is 51.5. The first-order valence-corrected chi connectivity index (χ1v) is 29.6. The second kappa shape index (κ2) is 48.3. The van der Waals surface area contributed by atoms with E-state index in [1.54, 1.807) is 0 Å². The standard InChI is InChI=1S/C20H39BrO2.C18H35BrO2.C16H31BrO2/c1-20(2,3)23-19(22)17-15-13-11-9-7-5-4-6-8-10-12-14-16-18-21;1-18(2,3)21-17(20)15-13-11-9-7-5-4-6-8-10-12-14-16-19;1-16(2,3)19-15(18)13-11-9-7-5-4-6-8-10-12-14-17/h4-18H2,1-3H3;4-16H2,1-3H3;4-14H2,1-3H3. The summed E-state index contributed by atoms with van der Waals surface area (Å²) in [6.07, 6.45) is 44.6. The average molecular weight is 1090 g/mol. The fourth-order valence-corrected chi connectivity index (χ4v) is 8.23. The van der Waals surface area contributed by atoms with E-state index < -0.39 is 0 Å². The van der Waals surface area contributed by atoms with Gasteiger partial charge >= 0.3 is 17.9 Å². The fourth-order valence-electron chi connectivity index (χ4n) is 7.04. The molecular weight excluding hydrogens is 984 g/mol. The maximum Gasteiger partial charge on any atom is 0.306 e. The molecule has 0 spiro atoms. The molecule has 0 aromatic carbocycles. The van der Waals surface area contributed by atoms with Gasteiger partial charge in [0.25, 0.3) is 0 Å². The number of halogens is 3. The van der Waals surface area contributed by atoms with Crippen molar-refractivity contribution < 1.29 is 28.6 Å². The van der Waals surface area contributed by atoms with Crippen molar-refractivity contribution in [2.24, 2.45) is 0 Å². The van der Waals surface area contributed by atoms with Crippen LogP contribution in [0.1, 0.15) is 293 Å². The highest BCUT2D eigenvalue weighted by Crippen LogP contribution is 2.17. The summed E-state index contributed by atoms with van der Waals surface area (Å²) in [5, 5.41) is 3.44. The van der Waals surface area contributed by atoms with Gasteiger partial charge in [-0.3, -0.25) is 14.4 Å². The van der Waals surface area contributed by atoms with Gasteiger partial charge < -0.3 is 14.2 Å². The van der Waals surface area contributed by atoms with Crippen LogP contribution in [0.25, 0.3) is 0 Å². The van der Waals surface area contributed by atoms with E-state index in [4.69, 9.17) is 14.2 Å². The minimum atomic E-state index is -0.342. The van der Waals surface area contributed by atoms with Gasteiger partial charge in [0.15, 0.2) is 0 Å². The van der Waals surface area contributed by atoms with E-state index in [0.29, 0.717) is 19.3 Å². The summed E-state index contributed by atoms with van der Waals surface area (Å²) in [4.78, 5) is 34.5. The Labute approximate surface area is 418 Å². The number of ether oxygens (including phenoxy) is 3. The first-order chi connectivity index (χ1) is 29.9. The third-order valence-corrected chi connectivity index (χ3v) is 12.0. The van der Waals surface area contributed by atoms with Crippen LogP contribution in [0.4, 0.5) is 0 Å². The Morgan fingerprint density at radius 2 is 0.381 bits per heavy atom. The number of carbonyl (C=O) groups excluding carboxylic acids is 3. The molecule has 0 fully saturated rings. The summed E-state index contributed by atoms with van der Waals surface area (Å²) in [6.45, 7) is 17.3. The molecule has 0 saturated carbocycles. The van der Waals surface area contributed by atoms with Gasteiger partial charge in [0.1, 0.15) is 16.8 Å². The lowest BCUT2D eigenvalue weighted by molar-refractivity contribution is -0.156. The van der Waals surface area contributed by atoms with Crippen molar-refractivity contribution in [1.82, 2.24) is 0 Å². The highest BCUT2D eigenvalue weighted by molar-refractivity contribution is 9.09. The lowest BCUT2D eigenvalue weighted by Gasteiger charge is -2.19. The van der Waals surface area contributed by atoms with Crippen molar-refractivity contribution >= 4 is 65.7 Å². The maximum absolute atomic E-state index is 11.6. The molecule has 0 aromatic rings. The highest BCUT2D eigenvalue weighted by atomic mass is 79.9. The molecule has 0 heterocycles. The van der Waals surface area contributed by atoms with Gasteiger partial charge in [-0.15, -0.1) is 0 Å². The van der Waals surface area contributed by atoms with Gasteiger partial charge in [0, 0.05) is 35.3 Å². The topological polar surface area (TPSA) is 78.9 Å². The smallest absolute Gasteiger partial charge is 0.306 e. The third kappa shape index (κ3) is 68.5. The van der Waals surface area contributed by atoms with Crippen molar-refractivity contribution in [3.05, 3.63) is 0 Å². The summed E-state index contributed by atoms with van der Waals surface area (Å²) >= 11 is 10.4. The summed E-state index contributed by atoms with van der Waals surface area (Å²) in [6, 6.07) is 0. The molecule has 0 aliphatic heterocycles. The van der Waals surface area contributed by atoms with Crippen LogP contribution in [0, 0.1) is 0 Å². The van der Waals surface area contributed by atoms with Crippen LogP contribution in [-0.4, -0.2) is 50.7 Å².